The number of anilines is 1. The number of ether oxygens (including phenoxy) is 3. The van der Waals surface area contributed by atoms with Gasteiger partial charge in [-0.25, -0.2) is 0 Å². The minimum atomic E-state index is -9.77. The largest absolute Gasteiger partial charge is 0.493 e. The summed E-state index contributed by atoms with van der Waals surface area (Å²) in [6.45, 7) is 4.16. The second kappa shape index (κ2) is 8.97. The summed E-state index contributed by atoms with van der Waals surface area (Å²) in [7, 11) is -6.88. The maximum Gasteiger partial charge on any atom is 0.310 e. The van der Waals surface area contributed by atoms with Crippen molar-refractivity contribution in [3.8, 4) is 17.2 Å². The molecule has 0 saturated carbocycles. The van der Waals surface area contributed by atoms with E-state index in [0.29, 0.717) is 29.4 Å². The molecular formula is C22H24F5NO4S. The quantitative estimate of drug-likeness (QED) is 0.225. The first-order valence-corrected chi connectivity index (χ1v) is 11.4. The van der Waals surface area contributed by atoms with E-state index in [4.69, 9.17) is 14.2 Å². The predicted molar refractivity (Wildman–Crippen MR) is 120 cm³/mol. The molecule has 2 aromatic rings. The molecule has 0 saturated heterocycles. The van der Waals surface area contributed by atoms with Gasteiger partial charge in [-0.1, -0.05) is 25.0 Å². The lowest BCUT2D eigenvalue weighted by molar-refractivity contribution is -0.111. The summed E-state index contributed by atoms with van der Waals surface area (Å²) in [5.74, 6) is 0.423. The molecule has 0 heterocycles. The van der Waals surface area contributed by atoms with Crippen LogP contribution in [0.1, 0.15) is 19.4 Å². The zero-order valence-corrected chi connectivity index (χ0v) is 19.2. The molecule has 1 N–H and O–H groups in total. The third-order valence-electron chi connectivity index (χ3n) is 4.20. The lowest BCUT2D eigenvalue weighted by atomic mass is 10.1. The maximum atomic E-state index is 12.8. The van der Waals surface area contributed by atoms with E-state index in [9.17, 15) is 24.2 Å². The molecule has 0 unspecified atom stereocenters. The molecule has 0 aromatic heterocycles. The molecule has 0 aliphatic rings. The van der Waals surface area contributed by atoms with Crippen molar-refractivity contribution in [1.29, 1.82) is 0 Å². The number of benzene rings is 2. The van der Waals surface area contributed by atoms with Crippen molar-refractivity contribution < 1.29 is 38.4 Å². The van der Waals surface area contributed by atoms with Crippen LogP contribution in [-0.2, 0) is 4.79 Å². The second-order valence-electron chi connectivity index (χ2n) is 7.16. The molecule has 33 heavy (non-hydrogen) atoms. The Morgan fingerprint density at radius 3 is 1.97 bits per heavy atom. The zero-order chi connectivity index (χ0) is 24.9. The molecule has 2 aromatic carbocycles. The second-order valence-corrected chi connectivity index (χ2v) is 9.57. The smallest absolute Gasteiger partial charge is 0.310 e. The summed E-state index contributed by atoms with van der Waals surface area (Å²) in [5, 5.41) is 2.30. The number of carbonyl (C=O) groups is 1. The Balaban J connectivity index is 2.16. The predicted octanol–water partition coefficient (Wildman–Crippen LogP) is 7.36. The fraction of sp³-hybridized carbons (Fsp3) is 0.227. The number of allylic oxidation sites excluding steroid dienone is 1. The van der Waals surface area contributed by atoms with Crippen molar-refractivity contribution in [2.75, 3.05) is 26.1 Å². The average Bonchev–Trinajstić information content (AvgIpc) is 2.70. The van der Waals surface area contributed by atoms with Gasteiger partial charge in [0.25, 0.3) is 0 Å². The van der Waals surface area contributed by atoms with E-state index in [1.54, 1.807) is 12.1 Å². The number of amides is 1. The van der Waals surface area contributed by atoms with Crippen LogP contribution in [0.15, 0.2) is 59.0 Å². The molecule has 5 nitrogen and oxygen atoms in total. The molecule has 0 atom stereocenters. The number of hydrogen-bond donors (Lipinski definition) is 1. The first-order chi connectivity index (χ1) is 15.1. The normalized spacial score (nSPS) is 13.6. The molecule has 0 aliphatic heterocycles. The molecule has 182 valence electrons. The van der Waals surface area contributed by atoms with Crippen molar-refractivity contribution in [3.05, 3.63) is 59.7 Å². The van der Waals surface area contributed by atoms with Crippen LogP contribution in [0, 0.1) is 0 Å². The lowest BCUT2D eigenvalue weighted by Crippen LogP contribution is -2.09. The molecule has 0 spiro atoms. The summed E-state index contributed by atoms with van der Waals surface area (Å²) >= 11 is 0. The van der Waals surface area contributed by atoms with E-state index in [1.807, 2.05) is 19.9 Å². The highest BCUT2D eigenvalue weighted by Crippen LogP contribution is 3.02. The van der Waals surface area contributed by atoms with E-state index in [2.05, 4.69) is 5.32 Å². The van der Waals surface area contributed by atoms with Gasteiger partial charge in [-0.3, -0.25) is 4.79 Å². The molecule has 1 amide bonds. The molecule has 0 fully saturated rings. The van der Waals surface area contributed by atoms with Crippen LogP contribution in [-0.4, -0.2) is 26.7 Å². The van der Waals surface area contributed by atoms with Gasteiger partial charge >= 0.3 is 10.2 Å². The average molecular weight is 493 g/mol. The van der Waals surface area contributed by atoms with Gasteiger partial charge in [-0.2, -0.15) is 0 Å². The highest BCUT2D eigenvalue weighted by molar-refractivity contribution is 8.45. The molecule has 0 bridgehead atoms. The van der Waals surface area contributed by atoms with Gasteiger partial charge in [0.1, 0.15) is 11.5 Å². The van der Waals surface area contributed by atoms with Crippen molar-refractivity contribution in [2.45, 2.75) is 18.7 Å². The summed E-state index contributed by atoms with van der Waals surface area (Å²) in [4.78, 5) is 10.1. The Morgan fingerprint density at radius 1 is 0.970 bits per heavy atom. The standard InChI is InChI=1S/C22H24F5NO4S/c1-15(2)11-12-32-22-19(30-3)13-16(14-20(22)31-4)5-10-21(29)28-17-6-8-18(9-7-17)33(23,24,25,26)27/h5-11,13-14H,12H2,1-4H3,(H,28,29). The van der Waals surface area contributed by atoms with Crippen LogP contribution in [0.2, 0.25) is 0 Å². The fourth-order valence-corrected chi connectivity index (χ4v) is 3.23. The Labute approximate surface area is 188 Å². The van der Waals surface area contributed by atoms with Crippen molar-refractivity contribution in [2.24, 2.45) is 0 Å². The van der Waals surface area contributed by atoms with Crippen LogP contribution in [0.4, 0.5) is 25.1 Å². The van der Waals surface area contributed by atoms with Gasteiger partial charge in [0.2, 0.25) is 11.7 Å². The minimum absolute atomic E-state index is 0.0755. The van der Waals surface area contributed by atoms with E-state index < -0.39 is 21.0 Å². The topological polar surface area (TPSA) is 56.8 Å². The van der Waals surface area contributed by atoms with Crippen LogP contribution >= 0.6 is 10.2 Å². The third-order valence-corrected chi connectivity index (χ3v) is 5.36. The molecule has 0 aliphatic carbocycles. The number of methoxy groups -OCH3 is 2. The lowest BCUT2D eigenvalue weighted by Gasteiger charge is -2.40. The first-order valence-electron chi connectivity index (χ1n) is 9.48. The number of hydrogen-bond acceptors (Lipinski definition) is 4. The van der Waals surface area contributed by atoms with Gasteiger partial charge < -0.3 is 19.5 Å². The van der Waals surface area contributed by atoms with E-state index >= 15 is 0 Å². The maximum absolute atomic E-state index is 12.8. The van der Waals surface area contributed by atoms with Gasteiger partial charge in [-0.15, -0.1) is 0 Å². The minimum Gasteiger partial charge on any atom is -0.493 e. The number of rotatable bonds is 9. The number of nitrogens with one attached hydrogen (secondary N) is 1. The highest BCUT2D eigenvalue weighted by Gasteiger charge is 2.65. The van der Waals surface area contributed by atoms with Crippen molar-refractivity contribution >= 4 is 27.9 Å². The van der Waals surface area contributed by atoms with E-state index in [1.165, 1.54) is 20.3 Å². The Hall–Kier alpha value is -3.21. The van der Waals surface area contributed by atoms with Crippen LogP contribution in [0.3, 0.4) is 0 Å². The van der Waals surface area contributed by atoms with Crippen LogP contribution in [0.5, 0.6) is 17.2 Å². The Morgan fingerprint density at radius 2 is 1.52 bits per heavy atom. The number of halogens is 5. The van der Waals surface area contributed by atoms with Gasteiger partial charge in [0.05, 0.1) is 14.2 Å². The molecule has 0 radical (unpaired) electrons. The van der Waals surface area contributed by atoms with Gasteiger partial charge in [-0.05, 0) is 68.0 Å². The first kappa shape index (κ1) is 26.0. The summed E-state index contributed by atoms with van der Waals surface area (Å²) in [5.41, 5.74) is 1.51. The Kier molecular flexibility index (Phi) is 7.08. The van der Waals surface area contributed by atoms with Crippen LogP contribution in [0.25, 0.3) is 6.08 Å². The van der Waals surface area contributed by atoms with Crippen molar-refractivity contribution in [1.82, 2.24) is 0 Å². The monoisotopic (exact) mass is 493 g/mol. The van der Waals surface area contributed by atoms with Crippen molar-refractivity contribution in [3.63, 3.8) is 0 Å². The summed E-state index contributed by atoms with van der Waals surface area (Å²) < 4.78 is 80.3. The molecule has 2 rings (SSSR count). The van der Waals surface area contributed by atoms with Gasteiger partial charge in [0.15, 0.2) is 11.5 Å². The third kappa shape index (κ3) is 7.70. The highest BCUT2D eigenvalue weighted by atomic mass is 32.5. The van der Waals surface area contributed by atoms with Crippen LogP contribution < -0.4 is 19.5 Å². The summed E-state index contributed by atoms with van der Waals surface area (Å²) in [6.07, 6.45) is 4.42. The fourth-order valence-electron chi connectivity index (χ4n) is 2.58. The summed E-state index contributed by atoms with van der Waals surface area (Å²) in [6, 6.07) is 5.17. The van der Waals surface area contributed by atoms with E-state index in [0.717, 1.165) is 23.8 Å². The molecule has 11 heteroatoms. The van der Waals surface area contributed by atoms with Gasteiger partial charge in [0, 0.05) is 11.8 Å². The number of carbonyl (C=O) groups excluding carboxylic acids is 1. The van der Waals surface area contributed by atoms with E-state index in [-0.39, 0.29) is 17.8 Å². The zero-order valence-electron chi connectivity index (χ0n) is 18.3. The molecular weight excluding hydrogens is 469 g/mol. The Bertz CT molecular complexity index is 1050. The SMILES string of the molecule is COc1cc(C=CC(=O)Nc2ccc(S(F)(F)(F)(F)F)cc2)cc(OC)c1OCC=C(C)C.